The van der Waals surface area contributed by atoms with E-state index in [1.807, 2.05) is 13.8 Å². The Bertz CT molecular complexity index is 586. The molecule has 0 radical (unpaired) electrons. The van der Waals surface area contributed by atoms with Crippen LogP contribution < -0.4 is 5.32 Å². The fourth-order valence-electron chi connectivity index (χ4n) is 2.44. The molecule has 0 bridgehead atoms. The Balaban J connectivity index is 1.88. The van der Waals surface area contributed by atoms with Gasteiger partial charge in [0.2, 0.25) is 11.8 Å². The molecule has 1 saturated heterocycles. The van der Waals surface area contributed by atoms with Crippen LogP contribution in [0.1, 0.15) is 26.5 Å². The van der Waals surface area contributed by atoms with E-state index in [1.54, 1.807) is 24.3 Å². The number of nitrogens with one attached hydrogen (secondary N) is 2. The summed E-state index contributed by atoms with van der Waals surface area (Å²) < 4.78 is 0. The lowest BCUT2D eigenvalue weighted by atomic mass is 9.87. The smallest absolute Gasteiger partial charge is 0.243 e. The summed E-state index contributed by atoms with van der Waals surface area (Å²) in [6.07, 6.45) is 3.80. The van der Waals surface area contributed by atoms with E-state index in [2.05, 4.69) is 15.3 Å². The first kappa shape index (κ1) is 17.5. The number of hydrogen-bond acceptors (Lipinski definition) is 5. The number of Topliss-reactive ketones (excluding diaryl/α,β-unsaturated/α-hetero) is 1. The van der Waals surface area contributed by atoms with Crippen LogP contribution in [0.3, 0.4) is 0 Å². The zero-order valence-corrected chi connectivity index (χ0v) is 14.4. The molecule has 8 heteroatoms. The summed E-state index contributed by atoms with van der Waals surface area (Å²) in [6, 6.07) is -0.374. The highest BCUT2D eigenvalue weighted by molar-refractivity contribution is 7.99. The monoisotopic (exact) mass is 338 g/mol. The maximum Gasteiger partial charge on any atom is 0.243 e. The van der Waals surface area contributed by atoms with Crippen molar-refractivity contribution in [3.8, 4) is 0 Å². The van der Waals surface area contributed by atoms with Gasteiger partial charge in [-0.2, -0.15) is 0 Å². The number of ketones is 1. The van der Waals surface area contributed by atoms with Gasteiger partial charge < -0.3 is 15.2 Å². The van der Waals surface area contributed by atoms with Crippen molar-refractivity contribution < 1.29 is 14.4 Å². The molecule has 1 aliphatic heterocycles. The lowest BCUT2D eigenvalue weighted by Crippen LogP contribution is -2.48. The van der Waals surface area contributed by atoms with Gasteiger partial charge in [0.15, 0.2) is 5.78 Å². The van der Waals surface area contributed by atoms with Crippen molar-refractivity contribution in [2.24, 2.45) is 5.41 Å². The Morgan fingerprint density at radius 1 is 1.48 bits per heavy atom. The topological polar surface area (TPSA) is 95.2 Å². The first-order valence-electron chi connectivity index (χ1n) is 7.45. The maximum absolute atomic E-state index is 12.3. The number of rotatable bonds is 6. The van der Waals surface area contributed by atoms with Crippen LogP contribution in [0.5, 0.6) is 0 Å². The van der Waals surface area contributed by atoms with E-state index in [9.17, 15) is 14.4 Å². The molecule has 2 N–H and O–H groups in total. The third-order valence-electron chi connectivity index (χ3n) is 3.86. The summed E-state index contributed by atoms with van der Waals surface area (Å²) in [5, 5.41) is 2.68. The first-order valence-corrected chi connectivity index (χ1v) is 8.60. The summed E-state index contributed by atoms with van der Waals surface area (Å²) in [5.41, 5.74) is 0.124. The molecular formula is C15H22N4O3S. The molecule has 0 aliphatic carbocycles. The third kappa shape index (κ3) is 4.34. The Labute approximate surface area is 139 Å². The molecule has 2 amide bonds. The van der Waals surface area contributed by atoms with Gasteiger partial charge in [0.1, 0.15) is 6.04 Å². The number of aromatic amines is 1. The van der Waals surface area contributed by atoms with E-state index in [0.717, 1.165) is 5.69 Å². The van der Waals surface area contributed by atoms with E-state index in [-0.39, 0.29) is 30.2 Å². The van der Waals surface area contributed by atoms with Crippen molar-refractivity contribution in [3.05, 3.63) is 18.2 Å². The van der Waals surface area contributed by atoms with Gasteiger partial charge in [-0.15, -0.1) is 11.8 Å². The van der Waals surface area contributed by atoms with Gasteiger partial charge in [-0.25, -0.2) is 4.98 Å². The van der Waals surface area contributed by atoms with E-state index in [0.29, 0.717) is 18.1 Å². The van der Waals surface area contributed by atoms with Gasteiger partial charge in [-0.1, -0.05) is 13.8 Å². The third-order valence-corrected chi connectivity index (χ3v) is 4.88. The minimum Gasteiger partial charge on any atom is -0.351 e. The van der Waals surface area contributed by atoms with Crippen LogP contribution in [-0.2, 0) is 20.8 Å². The number of hydrogen-bond donors (Lipinski definition) is 2. The molecule has 0 aromatic carbocycles. The van der Waals surface area contributed by atoms with Crippen molar-refractivity contribution in [1.29, 1.82) is 0 Å². The highest BCUT2D eigenvalue weighted by Crippen LogP contribution is 2.22. The standard InChI is InChI=1S/C15H22N4O3S/c1-10(20)12-7-23-9-19(12)13(21)6-17-14(22)15(2,3)4-11-5-16-8-18-11/h5,8,12H,4,6-7,9H2,1-3H3,(H,16,18)(H,17,22)/t12-/m0/s1. The largest absolute Gasteiger partial charge is 0.351 e. The lowest BCUT2D eigenvalue weighted by molar-refractivity contribution is -0.138. The minimum atomic E-state index is -0.671. The number of thioether (sulfide) groups is 1. The number of nitrogens with zero attached hydrogens (tertiary/aromatic N) is 2. The molecule has 1 aromatic rings. The van der Waals surface area contributed by atoms with Crippen LogP contribution in [0.15, 0.2) is 12.5 Å². The molecule has 1 aliphatic rings. The average molecular weight is 338 g/mol. The molecule has 126 valence electrons. The molecule has 1 aromatic heterocycles. The van der Waals surface area contributed by atoms with Crippen LogP contribution in [0, 0.1) is 5.41 Å². The molecule has 23 heavy (non-hydrogen) atoms. The zero-order chi connectivity index (χ0) is 17.0. The second-order valence-electron chi connectivity index (χ2n) is 6.29. The van der Waals surface area contributed by atoms with E-state index in [1.165, 1.54) is 11.8 Å². The summed E-state index contributed by atoms with van der Waals surface area (Å²) >= 11 is 1.55. The van der Waals surface area contributed by atoms with Crippen LogP contribution in [0.4, 0.5) is 0 Å². The molecule has 2 rings (SSSR count). The van der Waals surface area contributed by atoms with Crippen molar-refractivity contribution in [3.63, 3.8) is 0 Å². The van der Waals surface area contributed by atoms with Crippen molar-refractivity contribution >= 4 is 29.4 Å². The van der Waals surface area contributed by atoms with Gasteiger partial charge in [0.25, 0.3) is 0 Å². The summed E-state index contributed by atoms with van der Waals surface area (Å²) in [7, 11) is 0. The van der Waals surface area contributed by atoms with Gasteiger partial charge in [0, 0.05) is 23.8 Å². The summed E-state index contributed by atoms with van der Waals surface area (Å²) in [4.78, 5) is 44.6. The number of aromatic nitrogens is 2. The Morgan fingerprint density at radius 3 is 2.83 bits per heavy atom. The second-order valence-corrected chi connectivity index (χ2v) is 7.29. The Kier molecular flexibility index (Phi) is 5.46. The molecule has 0 unspecified atom stereocenters. The van der Waals surface area contributed by atoms with Crippen LogP contribution >= 0.6 is 11.8 Å². The summed E-state index contributed by atoms with van der Waals surface area (Å²) in [5.74, 6) is 0.669. The average Bonchev–Trinajstić information content (AvgIpc) is 3.14. The molecule has 1 atom stereocenters. The van der Waals surface area contributed by atoms with Gasteiger partial charge in [0.05, 0.1) is 24.4 Å². The SMILES string of the molecule is CC(=O)[C@@H]1CSCN1C(=O)CNC(=O)C(C)(C)Cc1c[nH]cn1. The second kappa shape index (κ2) is 7.16. The highest BCUT2D eigenvalue weighted by atomic mass is 32.2. The van der Waals surface area contributed by atoms with Gasteiger partial charge >= 0.3 is 0 Å². The molecule has 2 heterocycles. The predicted molar refractivity (Wildman–Crippen MR) is 87.7 cm³/mol. The van der Waals surface area contributed by atoms with Crippen molar-refractivity contribution in [2.45, 2.75) is 33.2 Å². The number of carbonyl (C=O) groups is 3. The maximum atomic E-state index is 12.3. The predicted octanol–water partition coefficient (Wildman–Crippen LogP) is 0.585. The number of amides is 2. The molecule has 1 fully saturated rings. The molecular weight excluding hydrogens is 316 g/mol. The highest BCUT2D eigenvalue weighted by Gasteiger charge is 2.34. The fraction of sp³-hybridized carbons (Fsp3) is 0.600. The van der Waals surface area contributed by atoms with E-state index < -0.39 is 5.41 Å². The Hall–Kier alpha value is -1.83. The summed E-state index contributed by atoms with van der Waals surface area (Å²) in [6.45, 7) is 5.02. The van der Waals surface area contributed by atoms with Crippen molar-refractivity contribution in [1.82, 2.24) is 20.2 Å². The molecule has 0 saturated carbocycles. The quantitative estimate of drug-likeness (QED) is 0.791. The van der Waals surface area contributed by atoms with Crippen LogP contribution in [-0.4, -0.2) is 56.7 Å². The first-order chi connectivity index (χ1) is 10.8. The Morgan fingerprint density at radius 2 is 2.22 bits per heavy atom. The molecule has 0 spiro atoms. The zero-order valence-electron chi connectivity index (χ0n) is 13.6. The molecule has 7 nitrogen and oxygen atoms in total. The normalized spacial score (nSPS) is 18.0. The van der Waals surface area contributed by atoms with Gasteiger partial charge in [-0.05, 0) is 6.92 Å². The van der Waals surface area contributed by atoms with Crippen LogP contribution in [0.25, 0.3) is 0 Å². The lowest BCUT2D eigenvalue weighted by Gasteiger charge is -2.25. The van der Waals surface area contributed by atoms with E-state index in [4.69, 9.17) is 0 Å². The fourth-order valence-corrected chi connectivity index (χ4v) is 3.71. The number of H-pyrrole nitrogens is 1. The van der Waals surface area contributed by atoms with Gasteiger partial charge in [-0.3, -0.25) is 14.4 Å². The van der Waals surface area contributed by atoms with E-state index >= 15 is 0 Å². The minimum absolute atomic E-state index is 0.0199. The van der Waals surface area contributed by atoms with Crippen molar-refractivity contribution in [2.75, 3.05) is 18.2 Å². The number of imidazole rings is 1. The van der Waals surface area contributed by atoms with Crippen LogP contribution in [0.2, 0.25) is 0 Å². The number of carbonyl (C=O) groups excluding carboxylic acids is 3.